The summed E-state index contributed by atoms with van der Waals surface area (Å²) in [5, 5.41) is 5.26. The summed E-state index contributed by atoms with van der Waals surface area (Å²) < 4.78 is 0. The van der Waals surface area contributed by atoms with Crippen LogP contribution < -0.4 is 10.2 Å². The minimum atomic E-state index is 0.0307. The normalized spacial score (nSPS) is 17.0. The van der Waals surface area contributed by atoms with E-state index in [-0.39, 0.29) is 6.03 Å². The highest BCUT2D eigenvalue weighted by atomic mass is 32.1. The molecule has 120 valence electrons. The first kappa shape index (κ1) is 14.7. The lowest BCUT2D eigenvalue weighted by molar-refractivity contribution is 0.236. The predicted molar refractivity (Wildman–Crippen MR) is 94.2 cm³/mol. The Morgan fingerprint density at radius 2 is 2.04 bits per heavy atom. The Morgan fingerprint density at radius 1 is 1.13 bits per heavy atom. The number of anilines is 1. The fraction of sp³-hybridized carbons (Fsp3) is 0.389. The number of amides is 2. The predicted octanol–water partition coefficient (Wildman–Crippen LogP) is 2.88. The number of benzene rings is 1. The Labute approximate surface area is 140 Å². The van der Waals surface area contributed by atoms with Crippen LogP contribution in [0.1, 0.15) is 16.0 Å². The van der Waals surface area contributed by atoms with Crippen molar-refractivity contribution in [3.63, 3.8) is 0 Å². The summed E-state index contributed by atoms with van der Waals surface area (Å²) in [6, 6.07) is 10.4. The van der Waals surface area contributed by atoms with Gasteiger partial charge in [-0.05, 0) is 41.5 Å². The zero-order valence-electron chi connectivity index (χ0n) is 13.1. The molecule has 4 nitrogen and oxygen atoms in total. The zero-order chi connectivity index (χ0) is 15.6. The third kappa shape index (κ3) is 2.99. The Morgan fingerprint density at radius 3 is 3.00 bits per heavy atom. The van der Waals surface area contributed by atoms with Crippen LogP contribution in [0.15, 0.2) is 35.7 Å². The molecule has 2 aliphatic rings. The highest BCUT2D eigenvalue weighted by Gasteiger charge is 2.24. The van der Waals surface area contributed by atoms with Crippen molar-refractivity contribution in [2.45, 2.75) is 19.4 Å². The van der Waals surface area contributed by atoms with Gasteiger partial charge in [0.05, 0.1) is 0 Å². The molecule has 0 spiro atoms. The molecule has 2 amide bonds. The van der Waals surface area contributed by atoms with E-state index in [1.54, 1.807) is 0 Å². The Balaban J connectivity index is 1.28. The Bertz CT molecular complexity index is 712. The lowest BCUT2D eigenvalue weighted by atomic mass is 10.1. The SMILES string of the molecule is O=C(NCCN1CCc2sccc2C1)N1CCc2ccccc21. The van der Waals surface area contributed by atoms with Gasteiger partial charge in [-0.25, -0.2) is 4.79 Å². The van der Waals surface area contributed by atoms with Crippen molar-refractivity contribution in [3.8, 4) is 0 Å². The Hall–Kier alpha value is -1.85. The molecule has 0 aliphatic carbocycles. The lowest BCUT2D eigenvalue weighted by Crippen LogP contribution is -2.43. The van der Waals surface area contributed by atoms with Crippen LogP contribution in [0, 0.1) is 0 Å². The number of nitrogens with one attached hydrogen (secondary N) is 1. The van der Waals surface area contributed by atoms with Gasteiger partial charge < -0.3 is 5.32 Å². The number of thiophene rings is 1. The fourth-order valence-corrected chi connectivity index (χ4v) is 4.35. The molecular formula is C18H21N3OS. The van der Waals surface area contributed by atoms with Gasteiger partial charge in [0.2, 0.25) is 0 Å². The van der Waals surface area contributed by atoms with Crippen LogP contribution in [0.2, 0.25) is 0 Å². The molecule has 2 aromatic rings. The second-order valence-electron chi connectivity index (χ2n) is 6.16. The molecule has 23 heavy (non-hydrogen) atoms. The van der Waals surface area contributed by atoms with Crippen molar-refractivity contribution >= 4 is 23.1 Å². The maximum absolute atomic E-state index is 12.4. The molecule has 0 fully saturated rings. The number of carbonyl (C=O) groups is 1. The van der Waals surface area contributed by atoms with E-state index in [1.807, 2.05) is 34.4 Å². The molecule has 1 N–H and O–H groups in total. The lowest BCUT2D eigenvalue weighted by Gasteiger charge is -2.27. The molecule has 0 unspecified atom stereocenters. The summed E-state index contributed by atoms with van der Waals surface area (Å²) in [6.07, 6.45) is 2.09. The summed E-state index contributed by atoms with van der Waals surface area (Å²) in [6.45, 7) is 4.51. The van der Waals surface area contributed by atoms with Crippen LogP contribution in [0.3, 0.4) is 0 Å². The molecule has 3 heterocycles. The van der Waals surface area contributed by atoms with Gasteiger partial charge in [-0.15, -0.1) is 11.3 Å². The average molecular weight is 327 g/mol. The average Bonchev–Trinajstić information content (AvgIpc) is 3.21. The van der Waals surface area contributed by atoms with Gasteiger partial charge in [-0.3, -0.25) is 9.80 Å². The van der Waals surface area contributed by atoms with E-state index in [2.05, 4.69) is 27.7 Å². The highest BCUT2D eigenvalue weighted by molar-refractivity contribution is 7.10. The van der Waals surface area contributed by atoms with Crippen molar-refractivity contribution in [1.29, 1.82) is 0 Å². The van der Waals surface area contributed by atoms with E-state index in [0.29, 0.717) is 6.54 Å². The van der Waals surface area contributed by atoms with E-state index < -0.39 is 0 Å². The maximum Gasteiger partial charge on any atom is 0.321 e. The topological polar surface area (TPSA) is 35.6 Å². The minimum absolute atomic E-state index is 0.0307. The molecule has 0 saturated carbocycles. The van der Waals surface area contributed by atoms with Crippen LogP contribution in [0.5, 0.6) is 0 Å². The van der Waals surface area contributed by atoms with Gasteiger partial charge in [-0.2, -0.15) is 0 Å². The molecule has 5 heteroatoms. The molecule has 4 rings (SSSR count). The van der Waals surface area contributed by atoms with E-state index in [9.17, 15) is 4.79 Å². The Kier molecular flexibility index (Phi) is 4.06. The number of hydrogen-bond acceptors (Lipinski definition) is 3. The van der Waals surface area contributed by atoms with E-state index in [1.165, 1.54) is 16.0 Å². The van der Waals surface area contributed by atoms with Crippen LogP contribution >= 0.6 is 11.3 Å². The largest absolute Gasteiger partial charge is 0.336 e. The monoisotopic (exact) mass is 327 g/mol. The number of nitrogens with zero attached hydrogens (tertiary/aromatic N) is 2. The second kappa shape index (κ2) is 6.34. The van der Waals surface area contributed by atoms with Crippen LogP contribution in [0.4, 0.5) is 10.5 Å². The standard InChI is InChI=1S/C18H21N3OS/c22-18(21-10-5-14-3-1-2-4-16(14)21)19-8-11-20-9-6-17-15(13-20)7-12-23-17/h1-4,7,12H,5-6,8-11,13H2,(H,19,22). The first-order valence-corrected chi connectivity index (χ1v) is 9.10. The van der Waals surface area contributed by atoms with E-state index in [4.69, 9.17) is 0 Å². The molecular weight excluding hydrogens is 306 g/mol. The fourth-order valence-electron chi connectivity index (χ4n) is 3.46. The van der Waals surface area contributed by atoms with E-state index >= 15 is 0 Å². The molecule has 1 aromatic heterocycles. The molecule has 1 aromatic carbocycles. The number of para-hydroxylation sites is 1. The second-order valence-corrected chi connectivity index (χ2v) is 7.16. The molecule has 0 atom stereocenters. The van der Waals surface area contributed by atoms with Crippen molar-refractivity contribution < 1.29 is 4.79 Å². The smallest absolute Gasteiger partial charge is 0.321 e. The van der Waals surface area contributed by atoms with Crippen LogP contribution in [-0.2, 0) is 19.4 Å². The number of rotatable bonds is 3. The van der Waals surface area contributed by atoms with E-state index in [0.717, 1.165) is 44.7 Å². The molecule has 0 bridgehead atoms. The van der Waals surface area contributed by atoms with Crippen LogP contribution in [0.25, 0.3) is 0 Å². The van der Waals surface area contributed by atoms with Gasteiger partial charge in [0.1, 0.15) is 0 Å². The van der Waals surface area contributed by atoms with Crippen molar-refractivity contribution in [1.82, 2.24) is 10.2 Å². The number of carbonyl (C=O) groups excluding carboxylic acids is 1. The number of hydrogen-bond donors (Lipinski definition) is 1. The van der Waals surface area contributed by atoms with Gasteiger partial charge in [0.15, 0.2) is 0 Å². The molecule has 0 radical (unpaired) electrons. The van der Waals surface area contributed by atoms with Gasteiger partial charge in [0, 0.05) is 43.3 Å². The molecule has 0 saturated heterocycles. The number of fused-ring (bicyclic) bond motifs is 2. The van der Waals surface area contributed by atoms with Crippen molar-refractivity contribution in [3.05, 3.63) is 51.7 Å². The summed E-state index contributed by atoms with van der Waals surface area (Å²) in [7, 11) is 0. The number of urea groups is 1. The molecule has 2 aliphatic heterocycles. The summed E-state index contributed by atoms with van der Waals surface area (Å²) in [5.74, 6) is 0. The maximum atomic E-state index is 12.4. The minimum Gasteiger partial charge on any atom is -0.336 e. The third-order valence-electron chi connectivity index (χ3n) is 4.72. The summed E-state index contributed by atoms with van der Waals surface area (Å²) >= 11 is 1.86. The zero-order valence-corrected chi connectivity index (χ0v) is 13.9. The highest BCUT2D eigenvalue weighted by Crippen LogP contribution is 2.27. The van der Waals surface area contributed by atoms with Crippen molar-refractivity contribution in [2.24, 2.45) is 0 Å². The first-order chi connectivity index (χ1) is 11.3. The van der Waals surface area contributed by atoms with Gasteiger partial charge >= 0.3 is 6.03 Å². The first-order valence-electron chi connectivity index (χ1n) is 8.22. The van der Waals surface area contributed by atoms with Gasteiger partial charge in [0.25, 0.3) is 0 Å². The van der Waals surface area contributed by atoms with Crippen LogP contribution in [-0.4, -0.2) is 37.1 Å². The summed E-state index contributed by atoms with van der Waals surface area (Å²) in [4.78, 5) is 18.2. The summed E-state index contributed by atoms with van der Waals surface area (Å²) in [5.41, 5.74) is 3.79. The van der Waals surface area contributed by atoms with Gasteiger partial charge in [-0.1, -0.05) is 18.2 Å². The third-order valence-corrected chi connectivity index (χ3v) is 5.75. The quantitative estimate of drug-likeness (QED) is 0.941. The van der Waals surface area contributed by atoms with Crippen molar-refractivity contribution in [2.75, 3.05) is 31.1 Å².